The average molecular weight is 250 g/mol. The van der Waals surface area contributed by atoms with Crippen LogP contribution in [0.5, 0.6) is 11.5 Å². The third-order valence-electron chi connectivity index (χ3n) is 3.93. The van der Waals surface area contributed by atoms with E-state index >= 15 is 0 Å². The van der Waals surface area contributed by atoms with Gasteiger partial charge in [0.15, 0.2) is 0 Å². The summed E-state index contributed by atoms with van der Waals surface area (Å²) in [6.45, 7) is 5.20. The Morgan fingerprint density at radius 3 is 2.72 bits per heavy atom. The maximum Gasteiger partial charge on any atom is 0.124 e. The Morgan fingerprint density at radius 1 is 1.39 bits per heavy atom. The van der Waals surface area contributed by atoms with Crippen LogP contribution in [-0.2, 0) is 0 Å². The number of aromatic hydroxyl groups is 2. The largest absolute Gasteiger partial charge is 0.508 e. The topological polar surface area (TPSA) is 69.7 Å². The lowest BCUT2D eigenvalue weighted by atomic mass is 9.95. The molecule has 0 spiro atoms. The van der Waals surface area contributed by atoms with Crippen molar-refractivity contribution in [3.63, 3.8) is 0 Å². The Hall–Kier alpha value is -1.26. The first-order chi connectivity index (χ1) is 8.49. The van der Waals surface area contributed by atoms with Gasteiger partial charge in [-0.15, -0.1) is 0 Å². The van der Waals surface area contributed by atoms with Gasteiger partial charge in [0.05, 0.1) is 0 Å². The molecule has 0 aromatic heterocycles. The molecule has 3 atom stereocenters. The van der Waals surface area contributed by atoms with Crippen molar-refractivity contribution >= 4 is 0 Å². The van der Waals surface area contributed by atoms with Crippen molar-refractivity contribution in [2.75, 3.05) is 6.54 Å². The van der Waals surface area contributed by atoms with Crippen molar-refractivity contribution in [3.8, 4) is 11.5 Å². The van der Waals surface area contributed by atoms with E-state index in [0.717, 1.165) is 24.9 Å². The Bertz CT molecular complexity index is 422. The molecule has 2 rings (SSSR count). The minimum absolute atomic E-state index is 0.0946. The average Bonchev–Trinajstić information content (AvgIpc) is 2.28. The van der Waals surface area contributed by atoms with Gasteiger partial charge in [0.1, 0.15) is 11.5 Å². The number of likely N-dealkylation sites (tertiary alicyclic amines) is 1. The van der Waals surface area contributed by atoms with Gasteiger partial charge in [0.2, 0.25) is 0 Å². The van der Waals surface area contributed by atoms with Gasteiger partial charge < -0.3 is 15.9 Å². The lowest BCUT2D eigenvalue weighted by molar-refractivity contribution is 0.103. The number of piperidine rings is 1. The summed E-state index contributed by atoms with van der Waals surface area (Å²) in [5.74, 6) is 0.252. The van der Waals surface area contributed by atoms with Crippen LogP contribution in [0.2, 0.25) is 0 Å². The summed E-state index contributed by atoms with van der Waals surface area (Å²) in [6, 6.07) is 5.64. The molecule has 0 bridgehead atoms. The van der Waals surface area contributed by atoms with Crippen LogP contribution in [0, 0.1) is 0 Å². The summed E-state index contributed by atoms with van der Waals surface area (Å²) in [4.78, 5) is 2.36. The van der Waals surface area contributed by atoms with E-state index in [0.29, 0.717) is 6.04 Å². The van der Waals surface area contributed by atoms with Crippen LogP contribution >= 0.6 is 0 Å². The van der Waals surface area contributed by atoms with Crippen LogP contribution in [0.3, 0.4) is 0 Å². The molecule has 4 heteroatoms. The first-order valence-electron chi connectivity index (χ1n) is 6.52. The Kier molecular flexibility index (Phi) is 3.78. The molecule has 1 aliphatic rings. The second kappa shape index (κ2) is 5.16. The first kappa shape index (κ1) is 13.2. The van der Waals surface area contributed by atoms with Crippen molar-refractivity contribution in [2.24, 2.45) is 5.73 Å². The third kappa shape index (κ3) is 2.60. The molecule has 1 saturated heterocycles. The van der Waals surface area contributed by atoms with Crippen molar-refractivity contribution in [3.05, 3.63) is 23.8 Å². The highest BCUT2D eigenvalue weighted by atomic mass is 16.3. The van der Waals surface area contributed by atoms with E-state index in [-0.39, 0.29) is 23.6 Å². The summed E-state index contributed by atoms with van der Waals surface area (Å²) < 4.78 is 0. The molecule has 0 aliphatic carbocycles. The molecular weight excluding hydrogens is 228 g/mol. The number of phenolic OH excluding ortho intramolecular Hbond substituents is 2. The maximum atomic E-state index is 9.92. The molecule has 1 fully saturated rings. The van der Waals surface area contributed by atoms with E-state index in [1.807, 2.05) is 0 Å². The summed E-state index contributed by atoms with van der Waals surface area (Å²) in [5.41, 5.74) is 6.82. The highest BCUT2D eigenvalue weighted by molar-refractivity contribution is 5.40. The molecule has 3 unspecified atom stereocenters. The first-order valence-corrected chi connectivity index (χ1v) is 6.52. The van der Waals surface area contributed by atoms with E-state index in [9.17, 15) is 10.2 Å². The van der Waals surface area contributed by atoms with Crippen LogP contribution in [-0.4, -0.2) is 33.7 Å². The molecule has 1 aromatic carbocycles. The zero-order chi connectivity index (χ0) is 13.3. The van der Waals surface area contributed by atoms with Crippen LogP contribution in [0.15, 0.2) is 18.2 Å². The van der Waals surface area contributed by atoms with Crippen molar-refractivity contribution in [1.29, 1.82) is 0 Å². The third-order valence-corrected chi connectivity index (χ3v) is 3.93. The smallest absolute Gasteiger partial charge is 0.124 e. The number of hydrogen-bond donors (Lipinski definition) is 3. The van der Waals surface area contributed by atoms with Gasteiger partial charge in [-0.25, -0.2) is 0 Å². The molecule has 1 heterocycles. The predicted molar refractivity (Wildman–Crippen MR) is 71.6 cm³/mol. The molecular formula is C14H22N2O2. The van der Waals surface area contributed by atoms with E-state index in [4.69, 9.17) is 5.73 Å². The monoisotopic (exact) mass is 250 g/mol. The highest BCUT2D eigenvalue weighted by Crippen LogP contribution is 2.34. The van der Waals surface area contributed by atoms with Crippen molar-refractivity contribution < 1.29 is 10.2 Å². The van der Waals surface area contributed by atoms with Crippen LogP contribution in [0.25, 0.3) is 0 Å². The fourth-order valence-electron chi connectivity index (χ4n) is 2.87. The normalized spacial score (nSPS) is 27.1. The van der Waals surface area contributed by atoms with E-state index in [2.05, 4.69) is 18.7 Å². The second-order valence-corrected chi connectivity index (χ2v) is 5.29. The number of phenols is 2. The minimum atomic E-state index is 0.0946. The predicted octanol–water partition coefficient (Wildman–Crippen LogP) is 1.97. The minimum Gasteiger partial charge on any atom is -0.508 e. The number of nitrogens with two attached hydrogens (primary N) is 1. The van der Waals surface area contributed by atoms with E-state index < -0.39 is 0 Å². The van der Waals surface area contributed by atoms with Gasteiger partial charge >= 0.3 is 0 Å². The molecule has 1 aliphatic heterocycles. The van der Waals surface area contributed by atoms with Crippen LogP contribution in [0.1, 0.15) is 38.3 Å². The number of nitrogens with zero attached hydrogens (tertiary/aromatic N) is 1. The standard InChI is InChI=1S/C14H22N2O2/c1-9-7-11(15)5-6-16(9)10(2)13-4-3-12(17)8-14(13)18/h3-4,8-11,17-18H,5-7,15H2,1-2H3. The Labute approximate surface area is 108 Å². The number of hydrogen-bond acceptors (Lipinski definition) is 4. The molecule has 0 radical (unpaired) electrons. The van der Waals surface area contributed by atoms with Crippen LogP contribution in [0.4, 0.5) is 0 Å². The molecule has 18 heavy (non-hydrogen) atoms. The fraction of sp³-hybridized carbons (Fsp3) is 0.571. The second-order valence-electron chi connectivity index (χ2n) is 5.29. The SMILES string of the molecule is CC1CC(N)CCN1C(C)c1ccc(O)cc1O. The molecule has 4 nitrogen and oxygen atoms in total. The summed E-state index contributed by atoms with van der Waals surface area (Å²) in [7, 11) is 0. The van der Waals surface area contributed by atoms with E-state index in [1.54, 1.807) is 12.1 Å². The molecule has 100 valence electrons. The fourth-order valence-corrected chi connectivity index (χ4v) is 2.87. The molecule has 1 aromatic rings. The quantitative estimate of drug-likeness (QED) is 0.750. The van der Waals surface area contributed by atoms with Gasteiger partial charge in [-0.3, -0.25) is 4.90 Å². The number of benzene rings is 1. The Balaban J connectivity index is 2.17. The molecule has 0 amide bonds. The molecule has 4 N–H and O–H groups in total. The zero-order valence-electron chi connectivity index (χ0n) is 11.0. The highest BCUT2D eigenvalue weighted by Gasteiger charge is 2.28. The summed E-state index contributed by atoms with van der Waals surface area (Å²) in [6.07, 6.45) is 1.98. The van der Waals surface area contributed by atoms with E-state index in [1.165, 1.54) is 6.07 Å². The summed E-state index contributed by atoms with van der Waals surface area (Å²) in [5, 5.41) is 19.2. The van der Waals surface area contributed by atoms with Gasteiger partial charge in [-0.2, -0.15) is 0 Å². The van der Waals surface area contributed by atoms with Gasteiger partial charge in [0, 0.05) is 36.3 Å². The van der Waals surface area contributed by atoms with Gasteiger partial charge in [0.25, 0.3) is 0 Å². The van der Waals surface area contributed by atoms with Gasteiger partial charge in [-0.05, 0) is 32.8 Å². The lowest BCUT2D eigenvalue weighted by Crippen LogP contribution is -2.46. The van der Waals surface area contributed by atoms with Gasteiger partial charge in [-0.1, -0.05) is 6.07 Å². The zero-order valence-corrected chi connectivity index (χ0v) is 11.0. The van der Waals surface area contributed by atoms with Crippen LogP contribution < -0.4 is 5.73 Å². The maximum absolute atomic E-state index is 9.92. The number of rotatable bonds is 2. The lowest BCUT2D eigenvalue weighted by Gasteiger charge is -2.40. The molecule has 0 saturated carbocycles. The van der Waals surface area contributed by atoms with Crippen molar-refractivity contribution in [2.45, 2.75) is 44.8 Å². The van der Waals surface area contributed by atoms with Crippen molar-refractivity contribution in [1.82, 2.24) is 4.90 Å². The Morgan fingerprint density at radius 2 is 2.11 bits per heavy atom. The summed E-state index contributed by atoms with van der Waals surface area (Å²) >= 11 is 0.